The van der Waals surface area contributed by atoms with E-state index in [1.165, 1.54) is 0 Å². The third kappa shape index (κ3) is 11.3. The molecule has 2 N–H and O–H groups in total. The normalized spacial score (nSPS) is 4.80. The van der Waals surface area contributed by atoms with E-state index in [9.17, 15) is 0 Å². The summed E-state index contributed by atoms with van der Waals surface area (Å²) in [6, 6.07) is 12.5. The molecule has 0 aliphatic heterocycles. The van der Waals surface area contributed by atoms with Crippen molar-refractivity contribution in [3.63, 3.8) is 0 Å². The van der Waals surface area contributed by atoms with Crippen molar-refractivity contribution in [2.45, 2.75) is 0 Å². The van der Waals surface area contributed by atoms with E-state index in [1.807, 2.05) is 30.3 Å². The zero-order valence-corrected chi connectivity index (χ0v) is 8.48. The van der Waals surface area contributed by atoms with Gasteiger partial charge in [0.1, 0.15) is 0 Å². The van der Waals surface area contributed by atoms with Gasteiger partial charge in [-0.05, 0) is 0 Å². The summed E-state index contributed by atoms with van der Waals surface area (Å²) in [6.07, 6.45) is 0. The summed E-state index contributed by atoms with van der Waals surface area (Å²) in [5.74, 6) is 0. The molecule has 1 aromatic carbocycles. The van der Waals surface area contributed by atoms with Crippen LogP contribution < -0.4 is 0 Å². The van der Waals surface area contributed by atoms with Gasteiger partial charge in [-0.25, -0.2) is 0 Å². The Labute approximate surface area is 88.9 Å². The molecule has 0 aliphatic carbocycles. The van der Waals surface area contributed by atoms with Gasteiger partial charge in [0.15, 0.2) is 0 Å². The maximum atomic E-state index is 2.89. The maximum Gasteiger partial charge on any atom is 2.00 e. The van der Waals surface area contributed by atoms with E-state index in [1.54, 1.807) is 0 Å². The summed E-state index contributed by atoms with van der Waals surface area (Å²) in [4.78, 5) is 0. The Morgan fingerprint density at radius 1 is 0.800 bits per heavy atom. The molecule has 0 aromatic heterocycles. The molecule has 0 bridgehead atoms. The first-order valence-corrected chi connectivity index (χ1v) is 1.91. The third-order valence-electron chi connectivity index (χ3n) is 0.607. The number of halogens is 2. The van der Waals surface area contributed by atoms with Crippen molar-refractivity contribution >= 4 is 24.8 Å². The van der Waals surface area contributed by atoms with Crippen molar-refractivity contribution in [3.8, 4) is 0 Å². The van der Waals surface area contributed by atoms with E-state index in [0.29, 0.717) is 0 Å². The van der Waals surface area contributed by atoms with E-state index in [0.717, 1.165) is 0 Å². The van der Waals surface area contributed by atoms with Crippen LogP contribution in [0.15, 0.2) is 30.3 Å². The van der Waals surface area contributed by atoms with E-state index < -0.39 is 0 Å². The third-order valence-corrected chi connectivity index (χ3v) is 0.607. The second-order valence-corrected chi connectivity index (χ2v) is 1.08. The number of hydrogen-bond donors (Lipinski definition) is 0. The van der Waals surface area contributed by atoms with Crippen LogP contribution in [0.4, 0.5) is 0 Å². The predicted octanol–water partition coefficient (Wildman–Crippen LogP) is 3.04. The van der Waals surface area contributed by atoms with Crippen LogP contribution in [0.5, 0.6) is 0 Å². The second kappa shape index (κ2) is 16.2. The Morgan fingerprint density at radius 2 is 1.20 bits per heavy atom. The summed E-state index contributed by atoms with van der Waals surface area (Å²) in [5, 5.41) is 0. The minimum Gasteiger partial charge on any atom is -0.693 e. The summed E-state index contributed by atoms with van der Waals surface area (Å²) in [7, 11) is 0. The molecule has 0 atom stereocenters. The van der Waals surface area contributed by atoms with E-state index >= 15 is 0 Å². The number of hydrogen-bond acceptors (Lipinski definition) is 0. The molecule has 0 unspecified atom stereocenters. The standard InChI is InChI=1S/C6H5.2ClH.H2N.Ti/c1-2-4-6-5-3-1;;;;/h1-5H;2*1H;1H2;/q-1;;;-1;+2. The summed E-state index contributed by atoms with van der Waals surface area (Å²) in [5.41, 5.74) is 0. The van der Waals surface area contributed by atoms with Gasteiger partial charge in [-0.1, -0.05) is 0 Å². The van der Waals surface area contributed by atoms with Crippen molar-refractivity contribution in [2.24, 2.45) is 0 Å². The molecule has 1 rings (SSSR count). The zero-order valence-electron chi connectivity index (χ0n) is 5.28. The van der Waals surface area contributed by atoms with Gasteiger partial charge in [0.2, 0.25) is 0 Å². The van der Waals surface area contributed by atoms with Gasteiger partial charge in [-0.3, -0.25) is 0 Å². The fraction of sp³-hybridized carbons (Fsp3) is 0. The van der Waals surface area contributed by atoms with Gasteiger partial charge >= 0.3 is 21.7 Å². The van der Waals surface area contributed by atoms with Crippen LogP contribution in [0.25, 0.3) is 6.15 Å². The van der Waals surface area contributed by atoms with Crippen LogP contribution in [-0.2, 0) is 21.7 Å². The quantitative estimate of drug-likeness (QED) is 0.469. The monoisotopic (exact) mass is 213 g/mol. The van der Waals surface area contributed by atoms with Crippen LogP contribution in [0, 0.1) is 6.07 Å². The molecule has 1 nitrogen and oxygen atoms in total. The number of benzene rings is 1. The second-order valence-electron chi connectivity index (χ2n) is 1.08. The fourth-order valence-electron chi connectivity index (χ4n) is 0.342. The molecule has 56 valence electrons. The van der Waals surface area contributed by atoms with Crippen LogP contribution in [0.1, 0.15) is 0 Å². The molecule has 1 aromatic rings. The SMILES string of the molecule is Cl.Cl.[NH2-].[Ti+2].[c-]1ccccc1. The van der Waals surface area contributed by atoms with Crippen molar-refractivity contribution < 1.29 is 21.7 Å². The molecule has 0 saturated heterocycles. The molecule has 10 heavy (non-hydrogen) atoms. The van der Waals surface area contributed by atoms with Crippen LogP contribution in [0.2, 0.25) is 0 Å². The molecule has 0 saturated carbocycles. The van der Waals surface area contributed by atoms with Crippen LogP contribution in [0.3, 0.4) is 0 Å². The zero-order chi connectivity index (χ0) is 4.24. The van der Waals surface area contributed by atoms with Crippen LogP contribution in [-0.4, -0.2) is 0 Å². The van der Waals surface area contributed by atoms with E-state index in [-0.39, 0.29) is 52.7 Å². The topological polar surface area (TPSA) is 33.5 Å². The van der Waals surface area contributed by atoms with Crippen molar-refractivity contribution in [3.05, 3.63) is 42.5 Å². The van der Waals surface area contributed by atoms with Gasteiger partial charge in [0.05, 0.1) is 0 Å². The van der Waals surface area contributed by atoms with Crippen LogP contribution >= 0.6 is 24.8 Å². The Hall–Kier alpha value is 0.474. The van der Waals surface area contributed by atoms with Crippen molar-refractivity contribution in [1.82, 2.24) is 0 Å². The molecule has 0 radical (unpaired) electrons. The molecule has 0 heterocycles. The first-order chi connectivity index (χ1) is 3.00. The Morgan fingerprint density at radius 3 is 1.30 bits per heavy atom. The predicted molar refractivity (Wildman–Crippen MR) is 45.1 cm³/mol. The molecule has 0 aliphatic rings. The summed E-state index contributed by atoms with van der Waals surface area (Å²) >= 11 is 0. The van der Waals surface area contributed by atoms with Gasteiger partial charge in [-0.2, -0.15) is 36.4 Å². The first kappa shape index (κ1) is 22.4. The first-order valence-electron chi connectivity index (χ1n) is 1.91. The molecule has 0 amide bonds. The van der Waals surface area contributed by atoms with Gasteiger partial charge < -0.3 is 6.15 Å². The van der Waals surface area contributed by atoms with E-state index in [2.05, 4.69) is 6.07 Å². The Kier molecular flexibility index (Phi) is 36.4. The minimum absolute atomic E-state index is 0. The summed E-state index contributed by atoms with van der Waals surface area (Å²) < 4.78 is 0. The minimum atomic E-state index is 0. The molecular formula is C6H9Cl2NTi. The van der Waals surface area contributed by atoms with Gasteiger partial charge in [-0.15, -0.1) is 24.8 Å². The van der Waals surface area contributed by atoms with Gasteiger partial charge in [0, 0.05) is 0 Å². The number of rotatable bonds is 0. The largest absolute Gasteiger partial charge is 2.00 e. The Bertz CT molecular complexity index is 87.7. The summed E-state index contributed by atoms with van der Waals surface area (Å²) in [6.45, 7) is 0. The molecule has 0 spiro atoms. The average molecular weight is 214 g/mol. The number of nitrogens with two attached hydrogens (primary N) is 1. The van der Waals surface area contributed by atoms with Crippen molar-refractivity contribution in [2.75, 3.05) is 0 Å². The van der Waals surface area contributed by atoms with E-state index in [4.69, 9.17) is 0 Å². The maximum absolute atomic E-state index is 2.89. The Balaban J connectivity index is -0.0000000450. The molecular weight excluding hydrogens is 205 g/mol. The molecule has 0 fully saturated rings. The van der Waals surface area contributed by atoms with Gasteiger partial charge in [0.25, 0.3) is 0 Å². The smallest absolute Gasteiger partial charge is 0.693 e. The molecule has 4 heteroatoms. The van der Waals surface area contributed by atoms with Crippen molar-refractivity contribution in [1.29, 1.82) is 0 Å². The fourth-order valence-corrected chi connectivity index (χ4v) is 0.342. The average Bonchev–Trinajstić information content (AvgIpc) is 1.72.